The zero-order valence-corrected chi connectivity index (χ0v) is 8.80. The van der Waals surface area contributed by atoms with Crippen molar-refractivity contribution < 1.29 is 13.9 Å². The van der Waals surface area contributed by atoms with Crippen LogP contribution in [0.15, 0.2) is 36.4 Å². The number of aromatic hydroxyl groups is 1. The van der Waals surface area contributed by atoms with Crippen molar-refractivity contribution in [3.63, 3.8) is 0 Å². The van der Waals surface area contributed by atoms with E-state index in [1.807, 2.05) is 0 Å². The fourth-order valence-corrected chi connectivity index (χ4v) is 1.58. The van der Waals surface area contributed by atoms with E-state index >= 15 is 0 Å². The molecule has 2 aromatic carbocycles. The SMILES string of the molecule is Oc1ccc(Cl)cc1-c1ccc(F)c(F)c1. The zero-order valence-electron chi connectivity index (χ0n) is 8.05. The van der Waals surface area contributed by atoms with E-state index in [0.717, 1.165) is 12.1 Å². The van der Waals surface area contributed by atoms with E-state index < -0.39 is 11.6 Å². The van der Waals surface area contributed by atoms with Gasteiger partial charge in [-0.05, 0) is 35.9 Å². The van der Waals surface area contributed by atoms with E-state index in [9.17, 15) is 13.9 Å². The van der Waals surface area contributed by atoms with Gasteiger partial charge in [0.1, 0.15) is 5.75 Å². The molecule has 0 fully saturated rings. The Morgan fingerprint density at radius 3 is 2.38 bits per heavy atom. The Balaban J connectivity index is 2.58. The summed E-state index contributed by atoms with van der Waals surface area (Å²) in [5.74, 6) is -1.92. The standard InChI is InChI=1S/C12H7ClF2O/c13-8-2-4-12(16)9(6-8)7-1-3-10(14)11(15)5-7/h1-6,16H. The van der Waals surface area contributed by atoms with Gasteiger partial charge in [0.25, 0.3) is 0 Å². The van der Waals surface area contributed by atoms with Gasteiger partial charge in [0.15, 0.2) is 11.6 Å². The molecular weight excluding hydrogens is 234 g/mol. The zero-order chi connectivity index (χ0) is 11.7. The Hall–Kier alpha value is -1.61. The van der Waals surface area contributed by atoms with Crippen molar-refractivity contribution in [3.05, 3.63) is 53.1 Å². The first-order valence-corrected chi connectivity index (χ1v) is 4.89. The first-order valence-electron chi connectivity index (χ1n) is 4.52. The molecule has 0 aliphatic rings. The van der Waals surface area contributed by atoms with Crippen molar-refractivity contribution in [2.24, 2.45) is 0 Å². The predicted octanol–water partition coefficient (Wildman–Crippen LogP) is 3.99. The average molecular weight is 241 g/mol. The van der Waals surface area contributed by atoms with Gasteiger partial charge in [-0.15, -0.1) is 0 Å². The highest BCUT2D eigenvalue weighted by Crippen LogP contribution is 2.32. The van der Waals surface area contributed by atoms with E-state index in [1.54, 1.807) is 0 Å². The maximum atomic E-state index is 13.0. The minimum Gasteiger partial charge on any atom is -0.507 e. The molecule has 0 spiro atoms. The van der Waals surface area contributed by atoms with Crippen LogP contribution < -0.4 is 0 Å². The molecule has 16 heavy (non-hydrogen) atoms. The molecule has 0 saturated carbocycles. The van der Waals surface area contributed by atoms with Gasteiger partial charge in [-0.25, -0.2) is 8.78 Å². The number of phenolic OH excluding ortho intramolecular Hbond substituents is 1. The van der Waals surface area contributed by atoms with Crippen LogP contribution in [0.25, 0.3) is 11.1 Å². The average Bonchev–Trinajstić information content (AvgIpc) is 2.26. The highest BCUT2D eigenvalue weighted by atomic mass is 35.5. The second-order valence-electron chi connectivity index (χ2n) is 3.29. The van der Waals surface area contributed by atoms with Crippen LogP contribution in [-0.2, 0) is 0 Å². The van der Waals surface area contributed by atoms with Gasteiger partial charge < -0.3 is 5.11 Å². The van der Waals surface area contributed by atoms with E-state index in [1.165, 1.54) is 24.3 Å². The summed E-state index contributed by atoms with van der Waals surface area (Å²) in [6, 6.07) is 7.80. The number of benzene rings is 2. The van der Waals surface area contributed by atoms with Gasteiger partial charge in [-0.3, -0.25) is 0 Å². The van der Waals surface area contributed by atoms with Crippen molar-refractivity contribution in [1.29, 1.82) is 0 Å². The molecule has 0 radical (unpaired) electrons. The van der Waals surface area contributed by atoms with Crippen molar-refractivity contribution in [3.8, 4) is 16.9 Å². The summed E-state index contributed by atoms with van der Waals surface area (Å²) in [7, 11) is 0. The van der Waals surface area contributed by atoms with E-state index in [2.05, 4.69) is 0 Å². The molecule has 0 amide bonds. The summed E-state index contributed by atoms with van der Waals surface area (Å²) in [5, 5.41) is 9.99. The Morgan fingerprint density at radius 1 is 0.938 bits per heavy atom. The number of hydrogen-bond donors (Lipinski definition) is 1. The highest BCUT2D eigenvalue weighted by molar-refractivity contribution is 6.31. The minimum absolute atomic E-state index is 0.0320. The van der Waals surface area contributed by atoms with E-state index in [4.69, 9.17) is 11.6 Å². The monoisotopic (exact) mass is 240 g/mol. The number of hydrogen-bond acceptors (Lipinski definition) is 1. The fraction of sp³-hybridized carbons (Fsp3) is 0. The molecule has 82 valence electrons. The third kappa shape index (κ3) is 1.99. The molecule has 0 unspecified atom stereocenters. The number of phenols is 1. The van der Waals surface area contributed by atoms with Crippen molar-refractivity contribution in [2.45, 2.75) is 0 Å². The summed E-state index contributed by atoms with van der Waals surface area (Å²) < 4.78 is 25.7. The molecule has 1 N–H and O–H groups in total. The lowest BCUT2D eigenvalue weighted by atomic mass is 10.0. The molecule has 0 aliphatic heterocycles. The quantitative estimate of drug-likeness (QED) is 0.799. The second-order valence-corrected chi connectivity index (χ2v) is 3.73. The highest BCUT2D eigenvalue weighted by Gasteiger charge is 2.08. The van der Waals surface area contributed by atoms with Crippen LogP contribution >= 0.6 is 11.6 Å². The Kier molecular flexibility index (Phi) is 2.79. The summed E-state index contributed by atoms with van der Waals surface area (Å²) in [4.78, 5) is 0. The van der Waals surface area contributed by atoms with E-state index in [0.29, 0.717) is 16.1 Å². The lowest BCUT2D eigenvalue weighted by Gasteiger charge is -2.05. The van der Waals surface area contributed by atoms with Crippen LogP contribution in [0.5, 0.6) is 5.75 Å². The summed E-state index contributed by atoms with van der Waals surface area (Å²) in [6.07, 6.45) is 0. The fourth-order valence-electron chi connectivity index (χ4n) is 1.40. The lowest BCUT2D eigenvalue weighted by molar-refractivity contribution is 0.477. The van der Waals surface area contributed by atoms with Crippen molar-refractivity contribution in [1.82, 2.24) is 0 Å². The number of halogens is 3. The second kappa shape index (κ2) is 4.10. The lowest BCUT2D eigenvalue weighted by Crippen LogP contribution is -1.86. The largest absolute Gasteiger partial charge is 0.507 e. The van der Waals surface area contributed by atoms with E-state index in [-0.39, 0.29) is 5.75 Å². The molecule has 0 aromatic heterocycles. The molecule has 2 rings (SSSR count). The summed E-state index contributed by atoms with van der Waals surface area (Å²) in [6.45, 7) is 0. The van der Waals surface area contributed by atoms with Crippen LogP contribution in [-0.4, -0.2) is 5.11 Å². The predicted molar refractivity (Wildman–Crippen MR) is 58.5 cm³/mol. The molecule has 2 aromatic rings. The Bertz CT molecular complexity index is 541. The number of rotatable bonds is 1. The van der Waals surface area contributed by atoms with Gasteiger partial charge in [0.2, 0.25) is 0 Å². The normalized spacial score (nSPS) is 10.4. The smallest absolute Gasteiger partial charge is 0.159 e. The summed E-state index contributed by atoms with van der Waals surface area (Å²) >= 11 is 5.76. The van der Waals surface area contributed by atoms with Crippen LogP contribution in [0.2, 0.25) is 5.02 Å². The summed E-state index contributed by atoms with van der Waals surface area (Å²) in [5.41, 5.74) is 0.741. The molecule has 0 saturated heterocycles. The van der Waals surface area contributed by atoms with Crippen LogP contribution in [0.1, 0.15) is 0 Å². The molecule has 0 aliphatic carbocycles. The molecule has 0 bridgehead atoms. The van der Waals surface area contributed by atoms with Gasteiger partial charge >= 0.3 is 0 Å². The van der Waals surface area contributed by atoms with Gasteiger partial charge in [-0.2, -0.15) is 0 Å². The minimum atomic E-state index is -0.961. The van der Waals surface area contributed by atoms with Crippen molar-refractivity contribution >= 4 is 11.6 Å². The van der Waals surface area contributed by atoms with Crippen molar-refractivity contribution in [2.75, 3.05) is 0 Å². The van der Waals surface area contributed by atoms with Gasteiger partial charge in [0.05, 0.1) is 0 Å². The maximum absolute atomic E-state index is 13.0. The van der Waals surface area contributed by atoms with Gasteiger partial charge in [-0.1, -0.05) is 17.7 Å². The Labute approximate surface area is 95.9 Å². The van der Waals surface area contributed by atoms with Crippen LogP contribution in [0, 0.1) is 11.6 Å². The topological polar surface area (TPSA) is 20.2 Å². The maximum Gasteiger partial charge on any atom is 0.159 e. The molecule has 0 heterocycles. The molecule has 0 atom stereocenters. The third-order valence-corrected chi connectivity index (χ3v) is 2.42. The molecule has 4 heteroatoms. The molecular formula is C12H7ClF2O. The molecule has 1 nitrogen and oxygen atoms in total. The third-order valence-electron chi connectivity index (χ3n) is 2.19. The van der Waals surface area contributed by atoms with Crippen LogP contribution in [0.3, 0.4) is 0 Å². The Morgan fingerprint density at radius 2 is 1.69 bits per heavy atom. The first-order chi connectivity index (χ1) is 7.58. The van der Waals surface area contributed by atoms with Gasteiger partial charge in [0, 0.05) is 10.6 Å². The first kappa shape index (κ1) is 10.9. The van der Waals surface area contributed by atoms with Crippen LogP contribution in [0.4, 0.5) is 8.78 Å².